The Morgan fingerprint density at radius 1 is 1.08 bits per heavy atom. The van der Waals surface area contributed by atoms with E-state index in [9.17, 15) is 9.59 Å². The monoisotopic (exact) mass is 534 g/mol. The number of ether oxygens (including phenoxy) is 3. The molecule has 1 amide bonds. The number of hydrogen-bond donors (Lipinski definition) is 2. The van der Waals surface area contributed by atoms with Gasteiger partial charge in [-0.15, -0.1) is 0 Å². The van der Waals surface area contributed by atoms with Gasteiger partial charge in [0.2, 0.25) is 0 Å². The SMILES string of the molecule is CNc1cc(N(Cc2ncc(C)c(OC)c2C)C(=O)OC(C)(C)C)cc(-c2ccccc2C(=O)OC)c1CN. The number of carbonyl (C=O) groups is 2. The Labute approximate surface area is 230 Å². The van der Waals surface area contributed by atoms with Gasteiger partial charge in [0.15, 0.2) is 0 Å². The number of aromatic nitrogens is 1. The predicted octanol–water partition coefficient (Wildman–Crippen LogP) is 5.60. The van der Waals surface area contributed by atoms with E-state index in [1.807, 2.05) is 58.9 Å². The molecule has 0 aliphatic rings. The van der Waals surface area contributed by atoms with Crippen LogP contribution in [0.25, 0.3) is 11.1 Å². The zero-order valence-electron chi connectivity index (χ0n) is 24.0. The molecule has 3 rings (SSSR count). The van der Waals surface area contributed by atoms with Gasteiger partial charge in [0, 0.05) is 36.6 Å². The summed E-state index contributed by atoms with van der Waals surface area (Å²) >= 11 is 0. The average Bonchev–Trinajstić information content (AvgIpc) is 2.90. The molecule has 3 N–H and O–H groups in total. The first kappa shape index (κ1) is 29.4. The van der Waals surface area contributed by atoms with E-state index in [1.54, 1.807) is 32.5 Å². The second-order valence-corrected chi connectivity index (χ2v) is 10.1. The van der Waals surface area contributed by atoms with E-state index >= 15 is 0 Å². The number of nitrogens with one attached hydrogen (secondary N) is 1. The summed E-state index contributed by atoms with van der Waals surface area (Å²) in [4.78, 5) is 32.4. The Morgan fingerprint density at radius 3 is 2.36 bits per heavy atom. The zero-order chi connectivity index (χ0) is 28.9. The van der Waals surface area contributed by atoms with E-state index in [0.717, 1.165) is 16.7 Å². The van der Waals surface area contributed by atoms with Crippen LogP contribution in [0.5, 0.6) is 5.75 Å². The summed E-state index contributed by atoms with van der Waals surface area (Å²) in [6, 6.07) is 10.8. The minimum atomic E-state index is -0.730. The quantitative estimate of drug-likeness (QED) is 0.359. The average molecular weight is 535 g/mol. The lowest BCUT2D eigenvalue weighted by Crippen LogP contribution is -2.37. The molecular weight excluding hydrogens is 496 g/mol. The minimum absolute atomic E-state index is 0.126. The third-order valence-electron chi connectivity index (χ3n) is 6.31. The van der Waals surface area contributed by atoms with Crippen LogP contribution in [0, 0.1) is 13.8 Å². The lowest BCUT2D eigenvalue weighted by atomic mass is 9.93. The molecule has 0 saturated heterocycles. The highest BCUT2D eigenvalue weighted by Gasteiger charge is 2.27. The van der Waals surface area contributed by atoms with Crippen molar-refractivity contribution in [3.63, 3.8) is 0 Å². The Kier molecular flexibility index (Phi) is 9.19. The number of nitrogens with zero attached hydrogens (tertiary/aromatic N) is 2. The Morgan fingerprint density at radius 2 is 1.77 bits per heavy atom. The van der Waals surface area contributed by atoms with Gasteiger partial charge < -0.3 is 25.3 Å². The molecule has 39 heavy (non-hydrogen) atoms. The topological polar surface area (TPSA) is 116 Å². The molecule has 0 saturated carbocycles. The maximum atomic E-state index is 13.6. The van der Waals surface area contributed by atoms with Crippen molar-refractivity contribution < 1.29 is 23.8 Å². The number of aryl methyl sites for hydroxylation is 1. The van der Waals surface area contributed by atoms with Crippen LogP contribution in [-0.2, 0) is 22.6 Å². The Bertz CT molecular complexity index is 1360. The molecule has 0 unspecified atom stereocenters. The highest BCUT2D eigenvalue weighted by atomic mass is 16.6. The van der Waals surface area contributed by atoms with Crippen molar-refractivity contribution in [2.75, 3.05) is 31.5 Å². The van der Waals surface area contributed by atoms with Crippen LogP contribution in [0.2, 0.25) is 0 Å². The van der Waals surface area contributed by atoms with Gasteiger partial charge in [-0.05, 0) is 69.5 Å². The summed E-state index contributed by atoms with van der Waals surface area (Å²) in [5.41, 5.74) is 11.6. The smallest absolute Gasteiger partial charge is 0.415 e. The molecule has 1 heterocycles. The summed E-state index contributed by atoms with van der Waals surface area (Å²) in [6.45, 7) is 9.60. The number of rotatable bonds is 8. The molecule has 0 radical (unpaired) electrons. The molecule has 0 aliphatic carbocycles. The molecule has 9 nitrogen and oxygen atoms in total. The first-order chi connectivity index (χ1) is 18.4. The molecule has 0 aliphatic heterocycles. The van der Waals surface area contributed by atoms with Crippen LogP contribution in [0.4, 0.5) is 16.2 Å². The molecule has 2 aromatic carbocycles. The number of anilines is 2. The number of amides is 1. The van der Waals surface area contributed by atoms with Crippen LogP contribution in [0.15, 0.2) is 42.6 Å². The fourth-order valence-electron chi connectivity index (χ4n) is 4.46. The fourth-order valence-corrected chi connectivity index (χ4v) is 4.46. The van der Waals surface area contributed by atoms with Crippen LogP contribution >= 0.6 is 0 Å². The van der Waals surface area contributed by atoms with Crippen LogP contribution < -0.4 is 20.7 Å². The standard InChI is InChI=1S/C30H38N4O5/c1-18-16-33-26(19(2)27(18)37-7)17-34(29(36)39-30(3,4)5)20-13-23(24(15-31)25(14-20)32-6)21-11-9-10-12-22(21)28(35)38-8/h9-14,16,32H,15,17,31H2,1-8H3. The molecule has 208 valence electrons. The van der Waals surface area contributed by atoms with E-state index < -0.39 is 17.7 Å². The van der Waals surface area contributed by atoms with E-state index in [0.29, 0.717) is 39.5 Å². The minimum Gasteiger partial charge on any atom is -0.496 e. The maximum Gasteiger partial charge on any atom is 0.415 e. The third-order valence-corrected chi connectivity index (χ3v) is 6.31. The molecule has 0 atom stereocenters. The third kappa shape index (κ3) is 6.49. The number of nitrogens with two attached hydrogens (primary N) is 1. The maximum absolute atomic E-state index is 13.6. The van der Waals surface area contributed by atoms with Crippen LogP contribution in [0.1, 0.15) is 53.5 Å². The van der Waals surface area contributed by atoms with Gasteiger partial charge in [-0.2, -0.15) is 0 Å². The summed E-state index contributed by atoms with van der Waals surface area (Å²) in [5, 5.41) is 3.19. The van der Waals surface area contributed by atoms with Crippen molar-refractivity contribution in [2.45, 2.75) is 53.3 Å². The second kappa shape index (κ2) is 12.2. The van der Waals surface area contributed by atoms with Crippen molar-refractivity contribution in [2.24, 2.45) is 5.73 Å². The Hall–Kier alpha value is -4.11. The van der Waals surface area contributed by atoms with Crippen molar-refractivity contribution in [3.8, 4) is 16.9 Å². The van der Waals surface area contributed by atoms with E-state index in [-0.39, 0.29) is 13.1 Å². The summed E-state index contributed by atoms with van der Waals surface area (Å²) in [7, 11) is 4.73. The van der Waals surface area contributed by atoms with Crippen LogP contribution in [0.3, 0.4) is 0 Å². The number of benzene rings is 2. The number of esters is 1. The summed E-state index contributed by atoms with van der Waals surface area (Å²) < 4.78 is 16.4. The highest BCUT2D eigenvalue weighted by molar-refractivity contribution is 5.99. The highest BCUT2D eigenvalue weighted by Crippen LogP contribution is 2.37. The normalized spacial score (nSPS) is 11.1. The predicted molar refractivity (Wildman–Crippen MR) is 153 cm³/mol. The summed E-state index contributed by atoms with van der Waals surface area (Å²) in [5.74, 6) is 0.242. The van der Waals surface area contributed by atoms with Gasteiger partial charge in [-0.3, -0.25) is 9.88 Å². The molecule has 1 aromatic heterocycles. The molecule has 9 heteroatoms. The van der Waals surface area contributed by atoms with Gasteiger partial charge in [-0.25, -0.2) is 9.59 Å². The summed E-state index contributed by atoms with van der Waals surface area (Å²) in [6.07, 6.45) is 1.18. The lowest BCUT2D eigenvalue weighted by molar-refractivity contribution is 0.0573. The fraction of sp³-hybridized carbons (Fsp3) is 0.367. The lowest BCUT2D eigenvalue weighted by Gasteiger charge is -2.29. The molecule has 0 bridgehead atoms. The first-order valence-corrected chi connectivity index (χ1v) is 12.7. The van der Waals surface area contributed by atoms with Gasteiger partial charge in [-0.1, -0.05) is 18.2 Å². The number of methoxy groups -OCH3 is 2. The van der Waals surface area contributed by atoms with E-state index in [4.69, 9.17) is 19.9 Å². The largest absolute Gasteiger partial charge is 0.496 e. The second-order valence-electron chi connectivity index (χ2n) is 10.1. The van der Waals surface area contributed by atoms with Crippen LogP contribution in [-0.4, -0.2) is 43.9 Å². The Balaban J connectivity index is 2.28. The molecular formula is C30H38N4O5. The van der Waals surface area contributed by atoms with Gasteiger partial charge in [0.1, 0.15) is 11.4 Å². The van der Waals surface area contributed by atoms with Gasteiger partial charge >= 0.3 is 12.1 Å². The zero-order valence-corrected chi connectivity index (χ0v) is 24.0. The molecule has 0 spiro atoms. The van der Waals surface area contributed by atoms with Crippen molar-refractivity contribution in [1.29, 1.82) is 0 Å². The van der Waals surface area contributed by atoms with E-state index in [2.05, 4.69) is 10.3 Å². The first-order valence-electron chi connectivity index (χ1n) is 12.7. The number of pyridine rings is 1. The van der Waals surface area contributed by atoms with E-state index in [1.165, 1.54) is 12.0 Å². The van der Waals surface area contributed by atoms with Crippen molar-refractivity contribution in [1.82, 2.24) is 4.98 Å². The molecule has 3 aromatic rings. The number of hydrogen-bond acceptors (Lipinski definition) is 8. The van der Waals surface area contributed by atoms with Crippen molar-refractivity contribution >= 4 is 23.4 Å². The number of carbonyl (C=O) groups excluding carboxylic acids is 2. The van der Waals surface area contributed by atoms with Gasteiger partial charge in [0.05, 0.1) is 37.7 Å². The van der Waals surface area contributed by atoms with Gasteiger partial charge in [0.25, 0.3) is 0 Å². The van der Waals surface area contributed by atoms with Crippen molar-refractivity contribution in [3.05, 3.63) is 70.5 Å². The molecule has 0 fully saturated rings.